The zero-order valence-electron chi connectivity index (χ0n) is 13.5. The summed E-state index contributed by atoms with van der Waals surface area (Å²) in [7, 11) is 0. The number of nitrogens with one attached hydrogen (secondary N) is 2. The normalized spacial score (nSPS) is 20.3. The molecule has 0 aromatic carbocycles. The van der Waals surface area contributed by atoms with Crippen LogP contribution in [0.15, 0.2) is 0 Å². The summed E-state index contributed by atoms with van der Waals surface area (Å²) in [5, 5.41) is 7.13. The summed E-state index contributed by atoms with van der Waals surface area (Å²) in [6.07, 6.45) is 2.53. The van der Waals surface area contributed by atoms with Crippen LogP contribution in [0.1, 0.15) is 26.7 Å². The average Bonchev–Trinajstić information content (AvgIpc) is 2.41. The molecule has 7 heteroatoms. The van der Waals surface area contributed by atoms with Crippen LogP contribution in [0.2, 0.25) is 0 Å². The first kappa shape index (κ1) is 26.8. The van der Waals surface area contributed by atoms with Gasteiger partial charge in [0.2, 0.25) is 0 Å². The molecule has 1 fully saturated rings. The van der Waals surface area contributed by atoms with Crippen molar-refractivity contribution in [1.29, 1.82) is 0 Å². The van der Waals surface area contributed by atoms with E-state index in [1.54, 1.807) is 0 Å². The van der Waals surface area contributed by atoms with Gasteiger partial charge in [-0.05, 0) is 52.1 Å². The third kappa shape index (κ3) is 14.3. The third-order valence-electron chi connectivity index (χ3n) is 3.76. The molecule has 129 valence electrons. The van der Waals surface area contributed by atoms with E-state index in [0.717, 1.165) is 26.2 Å². The first-order valence-corrected chi connectivity index (χ1v) is 7.73. The van der Waals surface area contributed by atoms with Gasteiger partial charge in [-0.3, -0.25) is 0 Å². The fourth-order valence-electron chi connectivity index (χ4n) is 2.44. The maximum Gasteiger partial charge on any atom is 2.00 e. The fraction of sp³-hybridized carbons (Fsp3) is 1.00. The minimum Gasteiger partial charge on any atom is -1.00 e. The Bertz CT molecular complexity index is 166. The van der Waals surface area contributed by atoms with Gasteiger partial charge in [-0.1, -0.05) is 13.8 Å². The molecular weight excluding hydrogens is 350 g/mol. The Balaban J connectivity index is -0.00000108. The zero-order chi connectivity index (χ0) is 13.1. The first-order chi connectivity index (χ1) is 8.86. The predicted molar refractivity (Wildman–Crippen MR) is 79.2 cm³/mol. The quantitative estimate of drug-likeness (QED) is 0.467. The molecular formula is C14H32Cl2MnN4. The molecule has 4 nitrogen and oxygen atoms in total. The second kappa shape index (κ2) is 19.0. The summed E-state index contributed by atoms with van der Waals surface area (Å²) in [4.78, 5) is 5.08. The van der Waals surface area contributed by atoms with Crippen molar-refractivity contribution in [2.75, 3.05) is 65.4 Å². The van der Waals surface area contributed by atoms with Crippen LogP contribution in [0, 0.1) is 0 Å². The molecule has 1 radical (unpaired) electrons. The van der Waals surface area contributed by atoms with E-state index in [0.29, 0.717) is 0 Å². The van der Waals surface area contributed by atoms with Gasteiger partial charge in [-0.25, -0.2) is 0 Å². The molecule has 0 amide bonds. The van der Waals surface area contributed by atoms with E-state index >= 15 is 0 Å². The second-order valence-electron chi connectivity index (χ2n) is 5.08. The van der Waals surface area contributed by atoms with Crippen LogP contribution in [-0.2, 0) is 17.1 Å². The molecule has 0 unspecified atom stereocenters. The number of hydrogen-bond donors (Lipinski definition) is 2. The van der Waals surface area contributed by atoms with Crippen LogP contribution < -0.4 is 35.4 Å². The summed E-state index contributed by atoms with van der Waals surface area (Å²) >= 11 is 0. The van der Waals surface area contributed by atoms with Gasteiger partial charge >= 0.3 is 17.1 Å². The van der Waals surface area contributed by atoms with Crippen LogP contribution in [0.5, 0.6) is 0 Å². The van der Waals surface area contributed by atoms with Gasteiger partial charge in [0, 0.05) is 26.2 Å². The molecule has 0 spiro atoms. The monoisotopic (exact) mass is 381 g/mol. The van der Waals surface area contributed by atoms with Crippen molar-refractivity contribution in [1.82, 2.24) is 20.4 Å². The Morgan fingerprint density at radius 3 is 1.38 bits per heavy atom. The molecule has 2 N–H and O–H groups in total. The summed E-state index contributed by atoms with van der Waals surface area (Å²) in [5.74, 6) is 0. The van der Waals surface area contributed by atoms with Crippen molar-refractivity contribution in [3.63, 3.8) is 0 Å². The predicted octanol–water partition coefficient (Wildman–Crippen LogP) is -5.39. The van der Waals surface area contributed by atoms with Crippen LogP contribution in [-0.4, -0.2) is 75.2 Å². The number of rotatable bonds is 2. The van der Waals surface area contributed by atoms with E-state index in [1.807, 2.05) is 0 Å². The molecule has 1 saturated heterocycles. The SMILES string of the molecule is CCN1CCCNCCN(CC)CCCNCC1.[Cl-].[Cl-].[Mn+2]. The maximum atomic E-state index is 3.56. The largest absolute Gasteiger partial charge is 2.00 e. The van der Waals surface area contributed by atoms with Crippen LogP contribution in [0.3, 0.4) is 0 Å². The summed E-state index contributed by atoms with van der Waals surface area (Å²) in [6.45, 7) is 16.3. The Labute approximate surface area is 154 Å². The molecule has 0 aromatic heterocycles. The minimum atomic E-state index is 0. The number of likely N-dealkylation sites (N-methyl/N-ethyl adjacent to an activating group) is 2. The maximum absolute atomic E-state index is 3.56. The van der Waals surface area contributed by atoms with Crippen LogP contribution in [0.25, 0.3) is 0 Å². The van der Waals surface area contributed by atoms with E-state index in [1.165, 1.54) is 52.1 Å². The topological polar surface area (TPSA) is 30.5 Å². The molecule has 0 atom stereocenters. The summed E-state index contributed by atoms with van der Waals surface area (Å²) in [6, 6.07) is 0. The van der Waals surface area contributed by atoms with Crippen molar-refractivity contribution in [3.05, 3.63) is 0 Å². The van der Waals surface area contributed by atoms with E-state index in [9.17, 15) is 0 Å². The van der Waals surface area contributed by atoms with Gasteiger partial charge in [-0.2, -0.15) is 0 Å². The molecule has 0 aromatic rings. The molecule has 1 rings (SSSR count). The Kier molecular flexibility index (Phi) is 24.2. The minimum absolute atomic E-state index is 0. The molecule has 1 aliphatic heterocycles. The van der Waals surface area contributed by atoms with E-state index < -0.39 is 0 Å². The molecule has 0 saturated carbocycles. The first-order valence-electron chi connectivity index (χ1n) is 7.73. The van der Waals surface area contributed by atoms with Gasteiger partial charge in [0.1, 0.15) is 0 Å². The van der Waals surface area contributed by atoms with Gasteiger partial charge in [0.15, 0.2) is 0 Å². The Hall–Kier alpha value is 0.939. The van der Waals surface area contributed by atoms with Crippen molar-refractivity contribution in [2.24, 2.45) is 0 Å². The zero-order valence-corrected chi connectivity index (χ0v) is 16.2. The summed E-state index contributed by atoms with van der Waals surface area (Å²) in [5.41, 5.74) is 0. The Morgan fingerprint density at radius 2 is 1.05 bits per heavy atom. The van der Waals surface area contributed by atoms with E-state index in [4.69, 9.17) is 0 Å². The van der Waals surface area contributed by atoms with Gasteiger partial charge in [0.25, 0.3) is 0 Å². The second-order valence-corrected chi connectivity index (χ2v) is 5.08. The van der Waals surface area contributed by atoms with Gasteiger partial charge in [0.05, 0.1) is 0 Å². The smallest absolute Gasteiger partial charge is 1.00 e. The number of hydrogen-bond acceptors (Lipinski definition) is 4. The standard InChI is InChI=1S/C14H32N4.2ClH.Mn/c1-3-17-11-5-7-16-10-14-18(4-2)12-6-8-15-9-13-17;;;/h15-16H,3-14H2,1-2H3;2*1H;/q;;;+2/p-2. The molecule has 21 heavy (non-hydrogen) atoms. The number of halogens is 2. The molecule has 1 aliphatic rings. The van der Waals surface area contributed by atoms with Crippen LogP contribution in [0.4, 0.5) is 0 Å². The number of nitrogens with zero attached hydrogens (tertiary/aromatic N) is 2. The Morgan fingerprint density at radius 1 is 0.667 bits per heavy atom. The van der Waals surface area contributed by atoms with Crippen molar-refractivity contribution in [3.8, 4) is 0 Å². The van der Waals surface area contributed by atoms with Crippen molar-refractivity contribution >= 4 is 0 Å². The van der Waals surface area contributed by atoms with Crippen LogP contribution >= 0.6 is 0 Å². The van der Waals surface area contributed by atoms with Gasteiger partial charge in [-0.15, -0.1) is 0 Å². The molecule has 0 aliphatic carbocycles. The van der Waals surface area contributed by atoms with E-state index in [2.05, 4.69) is 34.3 Å². The fourth-order valence-corrected chi connectivity index (χ4v) is 2.44. The molecule has 1 heterocycles. The summed E-state index contributed by atoms with van der Waals surface area (Å²) < 4.78 is 0. The average molecular weight is 382 g/mol. The molecule has 0 bridgehead atoms. The van der Waals surface area contributed by atoms with Crippen molar-refractivity contribution in [2.45, 2.75) is 26.7 Å². The van der Waals surface area contributed by atoms with E-state index in [-0.39, 0.29) is 41.9 Å². The van der Waals surface area contributed by atoms with Gasteiger partial charge < -0.3 is 45.2 Å². The third-order valence-corrected chi connectivity index (χ3v) is 3.76. The van der Waals surface area contributed by atoms with Crippen molar-refractivity contribution < 1.29 is 41.9 Å².